The lowest BCUT2D eigenvalue weighted by Gasteiger charge is -2.07. The molecule has 0 atom stereocenters. The third-order valence-corrected chi connectivity index (χ3v) is 2.39. The molecule has 2 N–H and O–H groups in total. The molecule has 0 aromatic heterocycles. The van der Waals surface area contributed by atoms with E-state index in [0.717, 1.165) is 13.0 Å². The van der Waals surface area contributed by atoms with E-state index in [1.165, 1.54) is 18.2 Å². The van der Waals surface area contributed by atoms with E-state index in [2.05, 4.69) is 10.6 Å². The SMILES string of the molecule is CNCCCNC(=O)c1c(F)cccc1Cl. The molecule has 88 valence electrons. The van der Waals surface area contributed by atoms with Crippen LogP contribution in [0.2, 0.25) is 5.02 Å². The predicted octanol–water partition coefficient (Wildman–Crippen LogP) is 1.82. The molecule has 1 rings (SSSR count). The highest BCUT2D eigenvalue weighted by molar-refractivity contribution is 6.33. The number of carbonyl (C=O) groups excluding carboxylic acids is 1. The lowest BCUT2D eigenvalue weighted by molar-refractivity contribution is 0.0949. The first kappa shape index (κ1) is 12.9. The number of halogens is 2. The van der Waals surface area contributed by atoms with Crippen molar-refractivity contribution in [3.05, 3.63) is 34.6 Å². The number of benzene rings is 1. The molecule has 0 bridgehead atoms. The molecule has 0 unspecified atom stereocenters. The van der Waals surface area contributed by atoms with Crippen LogP contribution in [0.3, 0.4) is 0 Å². The van der Waals surface area contributed by atoms with Gasteiger partial charge in [0.05, 0.1) is 10.6 Å². The highest BCUT2D eigenvalue weighted by atomic mass is 35.5. The summed E-state index contributed by atoms with van der Waals surface area (Å²) in [5.41, 5.74) is -0.0892. The monoisotopic (exact) mass is 244 g/mol. The van der Waals surface area contributed by atoms with Crippen molar-refractivity contribution in [2.24, 2.45) is 0 Å². The van der Waals surface area contributed by atoms with Crippen molar-refractivity contribution in [3.63, 3.8) is 0 Å². The molecule has 0 aliphatic heterocycles. The van der Waals surface area contributed by atoms with E-state index in [0.29, 0.717) is 6.54 Å². The summed E-state index contributed by atoms with van der Waals surface area (Å²) in [7, 11) is 1.83. The van der Waals surface area contributed by atoms with Gasteiger partial charge in [0.15, 0.2) is 0 Å². The maximum absolute atomic E-state index is 13.3. The van der Waals surface area contributed by atoms with E-state index in [1.54, 1.807) is 0 Å². The molecule has 3 nitrogen and oxygen atoms in total. The summed E-state index contributed by atoms with van der Waals surface area (Å²) in [6.45, 7) is 1.29. The van der Waals surface area contributed by atoms with E-state index < -0.39 is 11.7 Å². The molecule has 1 aromatic rings. The number of amides is 1. The van der Waals surface area contributed by atoms with Gasteiger partial charge in [-0.3, -0.25) is 4.79 Å². The molecule has 1 aromatic carbocycles. The van der Waals surface area contributed by atoms with Gasteiger partial charge in [-0.2, -0.15) is 0 Å². The Morgan fingerprint density at radius 2 is 2.19 bits per heavy atom. The Bertz CT molecular complexity index is 351. The quantitative estimate of drug-likeness (QED) is 0.776. The third-order valence-electron chi connectivity index (χ3n) is 2.08. The van der Waals surface area contributed by atoms with Crippen LogP contribution >= 0.6 is 11.6 Å². The second-order valence-corrected chi connectivity index (χ2v) is 3.72. The van der Waals surface area contributed by atoms with Gasteiger partial charge in [0.2, 0.25) is 0 Å². The van der Waals surface area contributed by atoms with Crippen LogP contribution in [-0.4, -0.2) is 26.0 Å². The minimum Gasteiger partial charge on any atom is -0.352 e. The molecule has 0 saturated heterocycles. The van der Waals surface area contributed by atoms with Crippen molar-refractivity contribution < 1.29 is 9.18 Å². The minimum absolute atomic E-state index is 0.0892. The Balaban J connectivity index is 2.59. The van der Waals surface area contributed by atoms with Gasteiger partial charge in [-0.05, 0) is 32.1 Å². The van der Waals surface area contributed by atoms with E-state index in [4.69, 9.17) is 11.6 Å². The van der Waals surface area contributed by atoms with Crippen molar-refractivity contribution in [2.75, 3.05) is 20.1 Å². The zero-order valence-corrected chi connectivity index (χ0v) is 9.77. The second-order valence-electron chi connectivity index (χ2n) is 3.31. The van der Waals surface area contributed by atoms with Gasteiger partial charge < -0.3 is 10.6 Å². The normalized spacial score (nSPS) is 10.2. The van der Waals surface area contributed by atoms with E-state index in [9.17, 15) is 9.18 Å². The molecule has 0 aliphatic rings. The van der Waals surface area contributed by atoms with Gasteiger partial charge in [-0.1, -0.05) is 17.7 Å². The summed E-state index contributed by atoms with van der Waals surface area (Å²) in [6.07, 6.45) is 0.786. The lowest BCUT2D eigenvalue weighted by Crippen LogP contribution is -2.27. The standard InChI is InChI=1S/C11H14ClFN2O/c1-14-6-3-7-15-11(16)10-8(12)4-2-5-9(10)13/h2,4-5,14H,3,6-7H2,1H3,(H,15,16). The van der Waals surface area contributed by atoms with Crippen molar-refractivity contribution in [1.82, 2.24) is 10.6 Å². The Hall–Kier alpha value is -1.13. The molecule has 0 heterocycles. The minimum atomic E-state index is -0.599. The molecule has 0 radical (unpaired) electrons. The Morgan fingerprint density at radius 1 is 1.44 bits per heavy atom. The third kappa shape index (κ3) is 3.47. The summed E-state index contributed by atoms with van der Waals surface area (Å²) in [5.74, 6) is -1.07. The summed E-state index contributed by atoms with van der Waals surface area (Å²) in [4.78, 5) is 11.6. The molecular weight excluding hydrogens is 231 g/mol. The second kappa shape index (κ2) is 6.45. The lowest BCUT2D eigenvalue weighted by atomic mass is 10.2. The fourth-order valence-electron chi connectivity index (χ4n) is 1.27. The molecule has 0 spiro atoms. The maximum atomic E-state index is 13.3. The first-order valence-electron chi connectivity index (χ1n) is 5.03. The highest BCUT2D eigenvalue weighted by Gasteiger charge is 2.14. The topological polar surface area (TPSA) is 41.1 Å². The van der Waals surface area contributed by atoms with Crippen LogP contribution in [0.5, 0.6) is 0 Å². The van der Waals surface area contributed by atoms with Gasteiger partial charge in [-0.15, -0.1) is 0 Å². The Kier molecular flexibility index (Phi) is 5.22. The van der Waals surface area contributed by atoms with Crippen LogP contribution < -0.4 is 10.6 Å². The Labute approximate surface area is 99.0 Å². The van der Waals surface area contributed by atoms with Crippen LogP contribution in [0, 0.1) is 5.82 Å². The average Bonchev–Trinajstić information content (AvgIpc) is 2.24. The zero-order valence-electron chi connectivity index (χ0n) is 9.02. The number of hydrogen-bond acceptors (Lipinski definition) is 2. The molecular formula is C11H14ClFN2O. The predicted molar refractivity (Wildman–Crippen MR) is 62.3 cm³/mol. The van der Waals surface area contributed by atoms with Gasteiger partial charge in [0.25, 0.3) is 5.91 Å². The van der Waals surface area contributed by atoms with E-state index in [-0.39, 0.29) is 10.6 Å². The summed E-state index contributed by atoms with van der Waals surface area (Å²) in [6, 6.07) is 4.18. The molecule has 1 amide bonds. The van der Waals surface area contributed by atoms with Crippen LogP contribution in [0.15, 0.2) is 18.2 Å². The first-order valence-corrected chi connectivity index (χ1v) is 5.41. The fourth-order valence-corrected chi connectivity index (χ4v) is 1.52. The highest BCUT2D eigenvalue weighted by Crippen LogP contribution is 2.18. The average molecular weight is 245 g/mol. The van der Waals surface area contributed by atoms with Gasteiger partial charge >= 0.3 is 0 Å². The van der Waals surface area contributed by atoms with E-state index in [1.807, 2.05) is 7.05 Å². The van der Waals surface area contributed by atoms with Crippen LogP contribution in [-0.2, 0) is 0 Å². The van der Waals surface area contributed by atoms with Crippen LogP contribution in [0.1, 0.15) is 16.8 Å². The van der Waals surface area contributed by atoms with Crippen molar-refractivity contribution in [2.45, 2.75) is 6.42 Å². The smallest absolute Gasteiger partial charge is 0.255 e. The van der Waals surface area contributed by atoms with Crippen LogP contribution in [0.25, 0.3) is 0 Å². The molecule has 0 aliphatic carbocycles. The van der Waals surface area contributed by atoms with Crippen molar-refractivity contribution >= 4 is 17.5 Å². The van der Waals surface area contributed by atoms with Crippen LogP contribution in [0.4, 0.5) is 4.39 Å². The van der Waals surface area contributed by atoms with Crippen molar-refractivity contribution in [3.8, 4) is 0 Å². The largest absolute Gasteiger partial charge is 0.352 e. The maximum Gasteiger partial charge on any atom is 0.255 e. The summed E-state index contributed by atoms with van der Waals surface area (Å²) in [5, 5.41) is 5.70. The number of hydrogen-bond donors (Lipinski definition) is 2. The number of carbonyl (C=O) groups is 1. The van der Waals surface area contributed by atoms with E-state index >= 15 is 0 Å². The van der Waals surface area contributed by atoms with Gasteiger partial charge in [-0.25, -0.2) is 4.39 Å². The first-order chi connectivity index (χ1) is 7.66. The molecule has 16 heavy (non-hydrogen) atoms. The Morgan fingerprint density at radius 3 is 2.81 bits per heavy atom. The molecule has 0 fully saturated rings. The summed E-state index contributed by atoms with van der Waals surface area (Å²) >= 11 is 5.75. The fraction of sp³-hybridized carbons (Fsp3) is 0.364. The number of nitrogens with one attached hydrogen (secondary N) is 2. The zero-order chi connectivity index (χ0) is 12.0. The van der Waals surface area contributed by atoms with Crippen molar-refractivity contribution in [1.29, 1.82) is 0 Å². The molecule has 0 saturated carbocycles. The van der Waals surface area contributed by atoms with Gasteiger partial charge in [0.1, 0.15) is 5.82 Å². The summed E-state index contributed by atoms with van der Waals surface area (Å²) < 4.78 is 13.3. The van der Waals surface area contributed by atoms with Gasteiger partial charge in [0, 0.05) is 6.54 Å². The number of rotatable bonds is 5. The molecule has 5 heteroatoms.